The minimum Gasteiger partial charge on any atom is -0.479 e. The van der Waals surface area contributed by atoms with Gasteiger partial charge in [-0.3, -0.25) is 9.78 Å². The molecule has 0 aromatic carbocycles. The number of hydrogen-bond acceptors (Lipinski definition) is 5. The SMILES string of the molecule is O=C(NCCC(O)C(=O)O)c1cnccn1. The summed E-state index contributed by atoms with van der Waals surface area (Å²) in [5.74, 6) is -1.76. The van der Waals surface area contributed by atoms with Gasteiger partial charge in [0.2, 0.25) is 0 Å². The van der Waals surface area contributed by atoms with Crippen LogP contribution in [-0.2, 0) is 4.79 Å². The smallest absolute Gasteiger partial charge is 0.332 e. The fourth-order valence-electron chi connectivity index (χ4n) is 0.953. The molecule has 1 aromatic heterocycles. The molecule has 16 heavy (non-hydrogen) atoms. The first-order chi connectivity index (χ1) is 7.61. The van der Waals surface area contributed by atoms with Crippen LogP contribution in [0, 0.1) is 0 Å². The van der Waals surface area contributed by atoms with E-state index in [9.17, 15) is 9.59 Å². The normalized spacial score (nSPS) is 11.8. The minimum atomic E-state index is -1.47. The average Bonchev–Trinajstić information content (AvgIpc) is 2.29. The molecule has 86 valence electrons. The van der Waals surface area contributed by atoms with Gasteiger partial charge in [-0.05, 0) is 0 Å². The second-order valence-corrected chi connectivity index (χ2v) is 2.99. The number of amides is 1. The molecule has 0 aliphatic heterocycles. The lowest BCUT2D eigenvalue weighted by atomic mass is 10.2. The van der Waals surface area contributed by atoms with E-state index in [1.54, 1.807) is 0 Å². The maximum Gasteiger partial charge on any atom is 0.332 e. The number of carbonyl (C=O) groups is 2. The van der Waals surface area contributed by atoms with E-state index in [0.29, 0.717) is 0 Å². The summed E-state index contributed by atoms with van der Waals surface area (Å²) in [7, 11) is 0. The van der Waals surface area contributed by atoms with Gasteiger partial charge in [0, 0.05) is 25.4 Å². The summed E-state index contributed by atoms with van der Waals surface area (Å²) in [6.45, 7) is 0.0584. The summed E-state index contributed by atoms with van der Waals surface area (Å²) in [4.78, 5) is 29.1. The van der Waals surface area contributed by atoms with E-state index < -0.39 is 18.0 Å². The predicted octanol–water partition coefficient (Wildman–Crippen LogP) is -0.958. The number of aliphatic carboxylic acids is 1. The Bertz CT molecular complexity index is 368. The molecule has 1 aromatic rings. The fraction of sp³-hybridized carbons (Fsp3) is 0.333. The van der Waals surface area contributed by atoms with Gasteiger partial charge >= 0.3 is 5.97 Å². The Morgan fingerprint density at radius 2 is 2.19 bits per heavy atom. The zero-order chi connectivity index (χ0) is 12.0. The molecule has 1 atom stereocenters. The molecule has 1 heterocycles. The van der Waals surface area contributed by atoms with Gasteiger partial charge in [0.1, 0.15) is 5.69 Å². The molecule has 0 aliphatic carbocycles. The second-order valence-electron chi connectivity index (χ2n) is 2.99. The third kappa shape index (κ3) is 3.62. The van der Waals surface area contributed by atoms with E-state index in [1.165, 1.54) is 18.6 Å². The van der Waals surface area contributed by atoms with Crippen LogP contribution in [0.25, 0.3) is 0 Å². The molecule has 0 radical (unpaired) electrons. The van der Waals surface area contributed by atoms with Gasteiger partial charge < -0.3 is 15.5 Å². The third-order valence-electron chi connectivity index (χ3n) is 1.78. The summed E-state index contributed by atoms with van der Waals surface area (Å²) in [6, 6.07) is 0. The van der Waals surface area contributed by atoms with Gasteiger partial charge in [0.25, 0.3) is 5.91 Å². The Balaban J connectivity index is 2.34. The van der Waals surface area contributed by atoms with E-state index in [2.05, 4.69) is 15.3 Å². The third-order valence-corrected chi connectivity index (χ3v) is 1.78. The number of aliphatic hydroxyl groups is 1. The molecule has 0 fully saturated rings. The van der Waals surface area contributed by atoms with E-state index in [4.69, 9.17) is 10.2 Å². The highest BCUT2D eigenvalue weighted by atomic mass is 16.4. The van der Waals surface area contributed by atoms with Gasteiger partial charge in [-0.2, -0.15) is 0 Å². The molecular formula is C9H11N3O4. The molecule has 0 saturated heterocycles. The molecule has 7 nitrogen and oxygen atoms in total. The first-order valence-electron chi connectivity index (χ1n) is 4.56. The van der Waals surface area contributed by atoms with Gasteiger partial charge in [-0.25, -0.2) is 9.78 Å². The Morgan fingerprint density at radius 1 is 1.44 bits per heavy atom. The summed E-state index contributed by atoms with van der Waals surface area (Å²) in [5, 5.41) is 19.7. The lowest BCUT2D eigenvalue weighted by Crippen LogP contribution is -2.30. The number of nitrogens with zero attached hydrogens (tertiary/aromatic N) is 2. The Morgan fingerprint density at radius 3 is 2.75 bits per heavy atom. The summed E-state index contributed by atoms with van der Waals surface area (Å²) < 4.78 is 0. The number of nitrogens with one attached hydrogen (secondary N) is 1. The van der Waals surface area contributed by atoms with Crippen molar-refractivity contribution in [3.63, 3.8) is 0 Å². The zero-order valence-corrected chi connectivity index (χ0v) is 8.33. The number of aromatic nitrogens is 2. The van der Waals surface area contributed by atoms with Crippen LogP contribution in [0.1, 0.15) is 16.9 Å². The molecular weight excluding hydrogens is 214 g/mol. The molecule has 7 heteroatoms. The highest BCUT2D eigenvalue weighted by Gasteiger charge is 2.13. The van der Waals surface area contributed by atoms with Crippen molar-refractivity contribution in [3.05, 3.63) is 24.3 Å². The van der Waals surface area contributed by atoms with Crippen LogP contribution in [0.5, 0.6) is 0 Å². The van der Waals surface area contributed by atoms with Crippen molar-refractivity contribution in [3.8, 4) is 0 Å². The second kappa shape index (κ2) is 5.76. The van der Waals surface area contributed by atoms with Crippen molar-refractivity contribution < 1.29 is 19.8 Å². The van der Waals surface area contributed by atoms with Crippen LogP contribution in [-0.4, -0.2) is 44.7 Å². The van der Waals surface area contributed by atoms with Crippen molar-refractivity contribution in [1.82, 2.24) is 15.3 Å². The Kier molecular flexibility index (Phi) is 4.34. The topological polar surface area (TPSA) is 112 Å². The van der Waals surface area contributed by atoms with Crippen LogP contribution in [0.2, 0.25) is 0 Å². The Labute approximate surface area is 91.2 Å². The van der Waals surface area contributed by atoms with Crippen molar-refractivity contribution in [2.45, 2.75) is 12.5 Å². The molecule has 0 aliphatic rings. The van der Waals surface area contributed by atoms with Crippen LogP contribution >= 0.6 is 0 Å². The fourth-order valence-corrected chi connectivity index (χ4v) is 0.953. The molecule has 0 saturated carbocycles. The molecule has 1 rings (SSSR count). The average molecular weight is 225 g/mol. The van der Waals surface area contributed by atoms with E-state index in [-0.39, 0.29) is 18.7 Å². The van der Waals surface area contributed by atoms with Crippen LogP contribution in [0.3, 0.4) is 0 Å². The largest absolute Gasteiger partial charge is 0.479 e. The molecule has 1 unspecified atom stereocenters. The maximum atomic E-state index is 11.4. The number of carboxylic acids is 1. The quantitative estimate of drug-likeness (QED) is 0.595. The summed E-state index contributed by atoms with van der Waals surface area (Å²) in [6.07, 6.45) is 2.58. The van der Waals surface area contributed by atoms with Crippen LogP contribution in [0.15, 0.2) is 18.6 Å². The number of carbonyl (C=O) groups excluding carboxylic acids is 1. The Hall–Kier alpha value is -2.02. The highest BCUT2D eigenvalue weighted by molar-refractivity contribution is 5.91. The number of aliphatic hydroxyl groups excluding tert-OH is 1. The van der Waals surface area contributed by atoms with Crippen molar-refractivity contribution in [2.24, 2.45) is 0 Å². The van der Waals surface area contributed by atoms with Gasteiger partial charge in [0.15, 0.2) is 6.10 Å². The molecule has 0 spiro atoms. The molecule has 1 amide bonds. The molecule has 0 bridgehead atoms. The standard InChI is InChI=1S/C9H11N3O4/c13-7(9(15)16)1-2-12-8(14)6-5-10-3-4-11-6/h3-5,7,13H,1-2H2,(H,12,14)(H,15,16). The lowest BCUT2D eigenvalue weighted by molar-refractivity contribution is -0.146. The number of rotatable bonds is 5. The first kappa shape index (κ1) is 12.1. The highest BCUT2D eigenvalue weighted by Crippen LogP contribution is 1.92. The van der Waals surface area contributed by atoms with Gasteiger partial charge in [0.05, 0.1) is 6.20 Å². The van der Waals surface area contributed by atoms with Crippen LogP contribution < -0.4 is 5.32 Å². The zero-order valence-electron chi connectivity index (χ0n) is 8.33. The summed E-state index contributed by atoms with van der Waals surface area (Å²) in [5.41, 5.74) is 0.146. The lowest BCUT2D eigenvalue weighted by Gasteiger charge is -2.06. The monoisotopic (exact) mass is 225 g/mol. The van der Waals surface area contributed by atoms with E-state index >= 15 is 0 Å². The minimum absolute atomic E-state index is 0.0542. The van der Waals surface area contributed by atoms with E-state index in [1.807, 2.05) is 0 Å². The first-order valence-corrected chi connectivity index (χ1v) is 4.56. The summed E-state index contributed by atoms with van der Waals surface area (Å²) >= 11 is 0. The van der Waals surface area contributed by atoms with Crippen molar-refractivity contribution in [1.29, 1.82) is 0 Å². The number of hydrogen-bond donors (Lipinski definition) is 3. The van der Waals surface area contributed by atoms with E-state index in [0.717, 1.165) is 0 Å². The van der Waals surface area contributed by atoms with Gasteiger partial charge in [-0.15, -0.1) is 0 Å². The van der Waals surface area contributed by atoms with Gasteiger partial charge in [-0.1, -0.05) is 0 Å². The maximum absolute atomic E-state index is 11.4. The predicted molar refractivity (Wildman–Crippen MR) is 52.6 cm³/mol. The number of carboxylic acid groups (broad SMARTS) is 1. The van der Waals surface area contributed by atoms with Crippen molar-refractivity contribution in [2.75, 3.05) is 6.54 Å². The molecule has 3 N–H and O–H groups in total. The van der Waals surface area contributed by atoms with Crippen molar-refractivity contribution >= 4 is 11.9 Å². The van der Waals surface area contributed by atoms with Crippen LogP contribution in [0.4, 0.5) is 0 Å².